The Hall–Kier alpha value is -2.06. The molecule has 8 heteroatoms. The van der Waals surface area contributed by atoms with Gasteiger partial charge in [-0.15, -0.1) is 0 Å². The lowest BCUT2D eigenvalue weighted by Crippen LogP contribution is -2.29. The van der Waals surface area contributed by atoms with Crippen molar-refractivity contribution in [2.45, 2.75) is 38.0 Å². The molecule has 0 bridgehead atoms. The van der Waals surface area contributed by atoms with Crippen molar-refractivity contribution in [2.24, 2.45) is 0 Å². The largest absolute Gasteiger partial charge is 0.481 e. The summed E-state index contributed by atoms with van der Waals surface area (Å²) in [5, 5.41) is 9.98. The van der Waals surface area contributed by atoms with E-state index in [1.54, 1.807) is 6.07 Å². The molecule has 2 N–H and O–H groups in total. The maximum Gasteiger partial charge on any atom is 0.213 e. The summed E-state index contributed by atoms with van der Waals surface area (Å²) >= 11 is 0. The lowest BCUT2D eigenvalue weighted by molar-refractivity contribution is 0.0389. The number of halogens is 1. The first-order valence-electron chi connectivity index (χ1n) is 7.61. The number of ether oxygens (including phenoxy) is 2. The molecule has 7 nitrogen and oxygen atoms in total. The van der Waals surface area contributed by atoms with Gasteiger partial charge in [0.05, 0.1) is 19.4 Å². The van der Waals surface area contributed by atoms with E-state index in [4.69, 9.17) is 9.47 Å². The van der Waals surface area contributed by atoms with Crippen molar-refractivity contribution in [2.75, 3.05) is 13.7 Å². The van der Waals surface area contributed by atoms with Crippen LogP contribution in [0.3, 0.4) is 0 Å². The molecule has 3 atom stereocenters. The highest BCUT2D eigenvalue weighted by atomic mass is 19.1. The predicted octanol–water partition coefficient (Wildman–Crippen LogP) is 1.92. The zero-order valence-corrected chi connectivity index (χ0v) is 13.1. The molecule has 2 aromatic heterocycles. The van der Waals surface area contributed by atoms with Crippen LogP contribution in [0, 0.1) is 5.82 Å². The molecule has 0 saturated carbocycles. The summed E-state index contributed by atoms with van der Waals surface area (Å²) in [5.74, 6) is 0.806. The van der Waals surface area contributed by atoms with Crippen LogP contribution >= 0.6 is 0 Å². The summed E-state index contributed by atoms with van der Waals surface area (Å²) in [7, 11) is 1.51. The van der Waals surface area contributed by atoms with Crippen molar-refractivity contribution in [3.63, 3.8) is 0 Å². The van der Waals surface area contributed by atoms with Gasteiger partial charge in [0.25, 0.3) is 0 Å². The van der Waals surface area contributed by atoms with Gasteiger partial charge in [-0.1, -0.05) is 0 Å². The number of pyridine rings is 1. The van der Waals surface area contributed by atoms with E-state index >= 15 is 0 Å². The Balaban J connectivity index is 1.54. The van der Waals surface area contributed by atoms with Crippen LogP contribution in [0.4, 0.5) is 4.39 Å². The van der Waals surface area contributed by atoms with Gasteiger partial charge < -0.3 is 14.8 Å². The van der Waals surface area contributed by atoms with Crippen LogP contribution < -0.4 is 10.1 Å². The Bertz CT molecular complexity index is 637. The molecule has 23 heavy (non-hydrogen) atoms. The molecule has 0 aliphatic carbocycles. The number of aromatic nitrogens is 4. The first kappa shape index (κ1) is 15.8. The molecule has 2 aromatic rings. The fraction of sp³-hybridized carbons (Fsp3) is 0.533. The van der Waals surface area contributed by atoms with Crippen LogP contribution in [0.25, 0.3) is 0 Å². The highest BCUT2D eigenvalue weighted by molar-refractivity contribution is 5.24. The fourth-order valence-corrected chi connectivity index (χ4v) is 2.72. The number of nitrogens with zero attached hydrogens (tertiary/aromatic N) is 3. The Labute approximate surface area is 133 Å². The van der Waals surface area contributed by atoms with Crippen LogP contribution in [0.1, 0.15) is 43.3 Å². The van der Waals surface area contributed by atoms with E-state index in [2.05, 4.69) is 25.5 Å². The Morgan fingerprint density at radius 2 is 2.35 bits per heavy atom. The normalized spacial score (nSPS) is 22.2. The highest BCUT2D eigenvalue weighted by Crippen LogP contribution is 2.30. The first-order chi connectivity index (χ1) is 11.2. The Kier molecular flexibility index (Phi) is 4.82. The number of hydrogen-bond donors (Lipinski definition) is 2. The van der Waals surface area contributed by atoms with E-state index in [0.29, 0.717) is 18.0 Å². The van der Waals surface area contributed by atoms with E-state index in [1.165, 1.54) is 19.6 Å². The molecule has 0 aromatic carbocycles. The lowest BCUT2D eigenvalue weighted by atomic mass is 10.1. The molecule has 0 amide bonds. The van der Waals surface area contributed by atoms with Crippen LogP contribution in [-0.4, -0.2) is 39.9 Å². The molecular formula is C15H20FN5O2. The average Bonchev–Trinajstić information content (AvgIpc) is 3.24. The summed E-state index contributed by atoms with van der Waals surface area (Å²) in [6.07, 6.45) is 4.50. The van der Waals surface area contributed by atoms with Gasteiger partial charge in [-0.05, 0) is 19.8 Å². The minimum absolute atomic E-state index is 0.0441. The monoisotopic (exact) mass is 321 g/mol. The van der Waals surface area contributed by atoms with E-state index in [1.807, 2.05) is 6.92 Å². The molecule has 124 valence electrons. The van der Waals surface area contributed by atoms with Crippen molar-refractivity contribution >= 4 is 0 Å². The van der Waals surface area contributed by atoms with Gasteiger partial charge in [0.1, 0.15) is 18.2 Å². The Morgan fingerprint density at radius 3 is 3.09 bits per heavy atom. The smallest absolute Gasteiger partial charge is 0.213 e. The van der Waals surface area contributed by atoms with Gasteiger partial charge in [0.15, 0.2) is 5.82 Å². The summed E-state index contributed by atoms with van der Waals surface area (Å²) in [6.45, 7) is 2.54. The fourth-order valence-electron chi connectivity index (χ4n) is 2.72. The topological polar surface area (TPSA) is 85.0 Å². The molecule has 1 fully saturated rings. The van der Waals surface area contributed by atoms with Crippen LogP contribution in [0.15, 0.2) is 18.6 Å². The van der Waals surface area contributed by atoms with Gasteiger partial charge in [-0.2, -0.15) is 5.10 Å². The molecule has 3 heterocycles. The predicted molar refractivity (Wildman–Crippen MR) is 80.4 cm³/mol. The average molecular weight is 321 g/mol. The van der Waals surface area contributed by atoms with Gasteiger partial charge in [0, 0.05) is 24.2 Å². The van der Waals surface area contributed by atoms with Gasteiger partial charge in [-0.3, -0.25) is 5.10 Å². The quantitative estimate of drug-likeness (QED) is 0.845. The SMILES string of the molecule is COc1cc(C(C)NC[C@H]2CC[C@@H](c3ncn[nH]3)O2)c(F)cn1. The van der Waals surface area contributed by atoms with Crippen molar-refractivity contribution in [3.8, 4) is 5.88 Å². The van der Waals surface area contributed by atoms with Crippen LogP contribution in [-0.2, 0) is 4.74 Å². The van der Waals surface area contributed by atoms with Crippen molar-refractivity contribution in [1.82, 2.24) is 25.5 Å². The number of methoxy groups -OCH3 is 1. The number of nitrogens with one attached hydrogen (secondary N) is 2. The van der Waals surface area contributed by atoms with Crippen molar-refractivity contribution < 1.29 is 13.9 Å². The molecule has 0 radical (unpaired) electrons. The standard InChI is InChI=1S/C15H20FN5O2/c1-9(11-5-14(22-2)18-7-12(11)16)17-6-10-3-4-13(23-10)15-19-8-20-21-15/h5,7-10,13,17H,3-4,6H2,1-2H3,(H,19,20,21)/t9?,10-,13+/m1/s1. The van der Waals surface area contributed by atoms with Gasteiger partial charge in [-0.25, -0.2) is 14.4 Å². The molecule has 0 spiro atoms. The first-order valence-corrected chi connectivity index (χ1v) is 7.61. The number of hydrogen-bond acceptors (Lipinski definition) is 6. The zero-order valence-electron chi connectivity index (χ0n) is 13.1. The van der Waals surface area contributed by atoms with Crippen LogP contribution in [0.5, 0.6) is 5.88 Å². The molecule has 3 rings (SSSR count). The third-order valence-corrected chi connectivity index (χ3v) is 4.03. The molecule has 1 saturated heterocycles. The zero-order chi connectivity index (χ0) is 16.2. The van der Waals surface area contributed by atoms with E-state index in [-0.39, 0.29) is 24.1 Å². The second-order valence-corrected chi connectivity index (χ2v) is 5.57. The van der Waals surface area contributed by atoms with Gasteiger partial charge >= 0.3 is 0 Å². The second-order valence-electron chi connectivity index (χ2n) is 5.57. The highest BCUT2D eigenvalue weighted by Gasteiger charge is 2.28. The molecule has 1 aliphatic heterocycles. The Morgan fingerprint density at radius 1 is 1.48 bits per heavy atom. The lowest BCUT2D eigenvalue weighted by Gasteiger charge is -2.18. The third kappa shape index (κ3) is 3.65. The second kappa shape index (κ2) is 7.01. The summed E-state index contributed by atoms with van der Waals surface area (Å²) in [4.78, 5) is 7.97. The number of aromatic amines is 1. The van der Waals surface area contributed by atoms with Crippen molar-refractivity contribution in [3.05, 3.63) is 35.8 Å². The summed E-state index contributed by atoms with van der Waals surface area (Å²) in [5.41, 5.74) is 0.529. The molecule has 1 unspecified atom stereocenters. The maximum atomic E-state index is 13.9. The minimum atomic E-state index is -0.349. The van der Waals surface area contributed by atoms with E-state index in [9.17, 15) is 4.39 Å². The van der Waals surface area contributed by atoms with Gasteiger partial charge in [0.2, 0.25) is 5.88 Å². The molecular weight excluding hydrogens is 301 g/mol. The minimum Gasteiger partial charge on any atom is -0.481 e. The van der Waals surface area contributed by atoms with E-state index < -0.39 is 0 Å². The summed E-state index contributed by atoms with van der Waals surface area (Å²) in [6, 6.07) is 1.44. The van der Waals surface area contributed by atoms with E-state index in [0.717, 1.165) is 18.7 Å². The number of rotatable bonds is 6. The molecule has 1 aliphatic rings. The maximum absolute atomic E-state index is 13.9. The van der Waals surface area contributed by atoms with Crippen molar-refractivity contribution in [1.29, 1.82) is 0 Å². The third-order valence-electron chi connectivity index (χ3n) is 4.03. The summed E-state index contributed by atoms with van der Waals surface area (Å²) < 4.78 is 24.9. The number of H-pyrrole nitrogens is 1. The van der Waals surface area contributed by atoms with Crippen LogP contribution in [0.2, 0.25) is 0 Å².